The minimum Gasteiger partial charge on any atom is -0.496 e. The molecule has 0 saturated heterocycles. The molecule has 1 atom stereocenters. The molecule has 0 heterocycles. The van der Waals surface area contributed by atoms with E-state index in [1.54, 1.807) is 6.92 Å². The number of hydrogen-bond acceptors (Lipinski definition) is 2. The fraction of sp³-hybridized carbons (Fsp3) is 0.867. The third-order valence-electron chi connectivity index (χ3n) is 2.96. The fourth-order valence-electron chi connectivity index (χ4n) is 1.87. The molecule has 0 aliphatic heterocycles. The van der Waals surface area contributed by atoms with E-state index in [1.807, 2.05) is 13.0 Å². The summed E-state index contributed by atoms with van der Waals surface area (Å²) in [6.07, 6.45) is 11.8. The van der Waals surface area contributed by atoms with E-state index in [1.165, 1.54) is 44.9 Å². The van der Waals surface area contributed by atoms with Crippen LogP contribution in [0.5, 0.6) is 0 Å². The maximum absolute atomic E-state index is 9.34. The summed E-state index contributed by atoms with van der Waals surface area (Å²) in [4.78, 5) is 0. The number of ether oxygens (including phenoxy) is 1. The second-order valence-corrected chi connectivity index (χ2v) is 4.69. The highest BCUT2D eigenvalue weighted by atomic mass is 16.5. The Balaban J connectivity index is 3.23. The van der Waals surface area contributed by atoms with Crippen molar-refractivity contribution < 1.29 is 9.84 Å². The molecule has 0 radical (unpaired) electrons. The Kier molecular flexibility index (Phi) is 11.6. The molecule has 0 aromatic heterocycles. The molecule has 1 unspecified atom stereocenters. The van der Waals surface area contributed by atoms with Gasteiger partial charge in [-0.15, -0.1) is 0 Å². The first-order valence-electron chi connectivity index (χ1n) is 7.19. The zero-order chi connectivity index (χ0) is 12.9. The van der Waals surface area contributed by atoms with E-state index in [2.05, 4.69) is 6.92 Å². The molecule has 17 heavy (non-hydrogen) atoms. The summed E-state index contributed by atoms with van der Waals surface area (Å²) < 4.78 is 5.51. The molecule has 102 valence electrons. The van der Waals surface area contributed by atoms with Crippen LogP contribution in [-0.2, 0) is 4.74 Å². The van der Waals surface area contributed by atoms with Crippen molar-refractivity contribution in [2.24, 2.45) is 0 Å². The van der Waals surface area contributed by atoms with E-state index in [4.69, 9.17) is 4.74 Å². The van der Waals surface area contributed by atoms with Crippen LogP contribution in [0.2, 0.25) is 0 Å². The second-order valence-electron chi connectivity index (χ2n) is 4.69. The van der Waals surface area contributed by atoms with Crippen LogP contribution in [0, 0.1) is 0 Å². The van der Waals surface area contributed by atoms with Gasteiger partial charge in [0.2, 0.25) is 0 Å². The average molecular weight is 242 g/mol. The minimum atomic E-state index is -0.478. The van der Waals surface area contributed by atoms with E-state index in [0.717, 1.165) is 13.0 Å². The lowest BCUT2D eigenvalue weighted by Gasteiger charge is -2.12. The first-order chi connectivity index (χ1) is 8.22. The molecule has 0 aliphatic rings. The molecule has 0 fully saturated rings. The Morgan fingerprint density at radius 1 is 1.06 bits per heavy atom. The van der Waals surface area contributed by atoms with E-state index in [-0.39, 0.29) is 0 Å². The van der Waals surface area contributed by atoms with Crippen molar-refractivity contribution in [3.8, 4) is 0 Å². The summed E-state index contributed by atoms with van der Waals surface area (Å²) in [5, 5.41) is 9.34. The summed E-state index contributed by atoms with van der Waals surface area (Å²) >= 11 is 0. The Labute approximate surface area is 107 Å². The molecule has 0 aromatic carbocycles. The van der Waals surface area contributed by atoms with E-state index in [0.29, 0.717) is 5.76 Å². The van der Waals surface area contributed by atoms with Crippen LogP contribution in [0.15, 0.2) is 11.8 Å². The predicted molar refractivity (Wildman–Crippen MR) is 74.0 cm³/mol. The minimum absolute atomic E-state index is 0.478. The molecule has 0 saturated carbocycles. The summed E-state index contributed by atoms with van der Waals surface area (Å²) in [5.74, 6) is 0.702. The van der Waals surface area contributed by atoms with Gasteiger partial charge >= 0.3 is 0 Å². The van der Waals surface area contributed by atoms with Gasteiger partial charge in [-0.25, -0.2) is 0 Å². The van der Waals surface area contributed by atoms with Gasteiger partial charge < -0.3 is 9.84 Å². The van der Waals surface area contributed by atoms with Gasteiger partial charge in [-0.1, -0.05) is 51.9 Å². The first-order valence-corrected chi connectivity index (χ1v) is 7.19. The maximum Gasteiger partial charge on any atom is 0.120 e. The highest BCUT2D eigenvalue weighted by molar-refractivity contribution is 4.95. The van der Waals surface area contributed by atoms with Crippen LogP contribution in [0.3, 0.4) is 0 Å². The molecule has 0 amide bonds. The zero-order valence-corrected chi connectivity index (χ0v) is 11.9. The molecule has 0 aliphatic carbocycles. The molecular weight excluding hydrogens is 212 g/mol. The average Bonchev–Trinajstić information content (AvgIpc) is 2.31. The van der Waals surface area contributed by atoms with Gasteiger partial charge in [0.15, 0.2) is 0 Å². The molecule has 0 aromatic rings. The van der Waals surface area contributed by atoms with Crippen molar-refractivity contribution >= 4 is 0 Å². The van der Waals surface area contributed by atoms with Crippen LogP contribution in [-0.4, -0.2) is 17.8 Å². The van der Waals surface area contributed by atoms with Gasteiger partial charge in [0.1, 0.15) is 11.9 Å². The lowest BCUT2D eigenvalue weighted by atomic mass is 10.1. The smallest absolute Gasteiger partial charge is 0.120 e. The number of hydrogen-bond donors (Lipinski definition) is 1. The van der Waals surface area contributed by atoms with E-state index in [9.17, 15) is 5.11 Å². The van der Waals surface area contributed by atoms with Crippen LogP contribution in [0.4, 0.5) is 0 Å². The van der Waals surface area contributed by atoms with Crippen LogP contribution in [0.25, 0.3) is 0 Å². The lowest BCUT2D eigenvalue weighted by Crippen LogP contribution is -2.08. The van der Waals surface area contributed by atoms with E-state index < -0.39 is 6.10 Å². The van der Waals surface area contributed by atoms with Crippen LogP contribution < -0.4 is 0 Å². The lowest BCUT2D eigenvalue weighted by molar-refractivity contribution is 0.109. The van der Waals surface area contributed by atoms with Gasteiger partial charge in [0, 0.05) is 0 Å². The third kappa shape index (κ3) is 10.4. The van der Waals surface area contributed by atoms with Crippen LogP contribution >= 0.6 is 0 Å². The molecule has 1 N–H and O–H groups in total. The summed E-state index contributed by atoms with van der Waals surface area (Å²) in [6.45, 7) is 6.62. The molecule has 0 rings (SSSR count). The third-order valence-corrected chi connectivity index (χ3v) is 2.96. The number of unbranched alkanes of at least 4 members (excludes halogenated alkanes) is 7. The van der Waals surface area contributed by atoms with Gasteiger partial charge in [0.25, 0.3) is 0 Å². The van der Waals surface area contributed by atoms with Crippen molar-refractivity contribution in [1.82, 2.24) is 0 Å². The largest absolute Gasteiger partial charge is 0.496 e. The number of allylic oxidation sites excluding steroid dienone is 1. The summed E-state index contributed by atoms with van der Waals surface area (Å²) in [6, 6.07) is 0. The Morgan fingerprint density at radius 3 is 2.06 bits per heavy atom. The van der Waals surface area contributed by atoms with Crippen molar-refractivity contribution in [3.63, 3.8) is 0 Å². The molecule has 2 heteroatoms. The summed E-state index contributed by atoms with van der Waals surface area (Å²) in [7, 11) is 0. The Bertz CT molecular complexity index is 185. The molecule has 2 nitrogen and oxygen atoms in total. The topological polar surface area (TPSA) is 29.5 Å². The number of aliphatic hydroxyl groups excluding tert-OH is 1. The van der Waals surface area contributed by atoms with Crippen molar-refractivity contribution in [2.75, 3.05) is 6.61 Å². The molecule has 0 spiro atoms. The van der Waals surface area contributed by atoms with Crippen molar-refractivity contribution in [2.45, 2.75) is 78.2 Å². The number of rotatable bonds is 11. The van der Waals surface area contributed by atoms with E-state index >= 15 is 0 Å². The zero-order valence-electron chi connectivity index (χ0n) is 11.9. The Hall–Kier alpha value is -0.500. The predicted octanol–water partition coefficient (Wildman–Crippen LogP) is 4.43. The summed E-state index contributed by atoms with van der Waals surface area (Å²) in [5.41, 5.74) is 0. The van der Waals surface area contributed by atoms with Crippen LogP contribution in [0.1, 0.15) is 72.1 Å². The standard InChI is InChI=1S/C15H30O2/c1-4-6-7-8-9-10-11-12-13-17-15(5-2)14(3)16/h5,14,16H,4,6-13H2,1-3H3. The normalized spacial score (nSPS) is 13.8. The van der Waals surface area contributed by atoms with Gasteiger partial charge in [-0.3, -0.25) is 0 Å². The second kappa shape index (κ2) is 12.0. The molecular formula is C15H30O2. The fourth-order valence-corrected chi connectivity index (χ4v) is 1.87. The van der Waals surface area contributed by atoms with Crippen molar-refractivity contribution in [3.05, 3.63) is 11.8 Å². The van der Waals surface area contributed by atoms with Gasteiger partial charge in [-0.05, 0) is 26.3 Å². The number of aliphatic hydroxyl groups is 1. The quantitative estimate of drug-likeness (QED) is 0.429. The highest BCUT2D eigenvalue weighted by Gasteiger charge is 2.03. The Morgan fingerprint density at radius 2 is 1.59 bits per heavy atom. The maximum atomic E-state index is 9.34. The molecule has 0 bridgehead atoms. The SMILES string of the molecule is CC=C(OCCCCCCCCCC)C(C)O. The monoisotopic (exact) mass is 242 g/mol. The van der Waals surface area contributed by atoms with Crippen molar-refractivity contribution in [1.29, 1.82) is 0 Å². The highest BCUT2D eigenvalue weighted by Crippen LogP contribution is 2.10. The van der Waals surface area contributed by atoms with Gasteiger partial charge in [0.05, 0.1) is 6.61 Å². The first kappa shape index (κ1) is 16.5. The van der Waals surface area contributed by atoms with Gasteiger partial charge in [-0.2, -0.15) is 0 Å².